The highest BCUT2D eigenvalue weighted by Gasteiger charge is 2.27. The Balaban J connectivity index is 2.05. The van der Waals surface area contributed by atoms with Gasteiger partial charge in [-0.25, -0.2) is 4.98 Å². The van der Waals surface area contributed by atoms with Gasteiger partial charge in [-0.1, -0.05) is 58.0 Å². The highest BCUT2D eigenvalue weighted by molar-refractivity contribution is 5.47. The van der Waals surface area contributed by atoms with Gasteiger partial charge in [-0.05, 0) is 17.4 Å². The molecule has 0 aliphatic rings. The molecule has 1 atom stereocenters. The fourth-order valence-corrected chi connectivity index (χ4v) is 2.74. The van der Waals surface area contributed by atoms with Gasteiger partial charge in [0.25, 0.3) is 5.78 Å². The lowest BCUT2D eigenvalue weighted by Crippen LogP contribution is -2.27. The minimum Gasteiger partial charge on any atom is -0.363 e. The Hall–Kier alpha value is -2.43. The molecule has 3 rings (SSSR count). The Morgan fingerprint density at radius 2 is 1.91 bits per heavy atom. The molecule has 0 radical (unpaired) electrons. The second kappa shape index (κ2) is 5.99. The van der Waals surface area contributed by atoms with Crippen molar-refractivity contribution in [3.63, 3.8) is 0 Å². The van der Waals surface area contributed by atoms with Crippen LogP contribution in [0.25, 0.3) is 5.78 Å². The van der Waals surface area contributed by atoms with Crippen molar-refractivity contribution in [1.82, 2.24) is 19.6 Å². The number of nitrogens with one attached hydrogen (secondary N) is 1. The van der Waals surface area contributed by atoms with Gasteiger partial charge in [-0.15, -0.1) is 0 Å². The van der Waals surface area contributed by atoms with Crippen LogP contribution in [0.4, 0.5) is 5.82 Å². The molecular weight excluding hydrogens is 286 g/mol. The second-order valence-electron chi connectivity index (χ2n) is 6.81. The van der Waals surface area contributed by atoms with Crippen molar-refractivity contribution >= 4 is 11.6 Å². The van der Waals surface area contributed by atoms with E-state index in [1.54, 1.807) is 10.8 Å². The summed E-state index contributed by atoms with van der Waals surface area (Å²) in [4.78, 5) is 8.74. The van der Waals surface area contributed by atoms with Crippen LogP contribution in [0.15, 0.2) is 42.7 Å². The van der Waals surface area contributed by atoms with Crippen molar-refractivity contribution in [2.45, 2.75) is 40.2 Å². The van der Waals surface area contributed by atoms with Gasteiger partial charge in [0.15, 0.2) is 0 Å². The van der Waals surface area contributed by atoms with Crippen LogP contribution < -0.4 is 5.32 Å². The van der Waals surface area contributed by atoms with Crippen LogP contribution in [0.2, 0.25) is 0 Å². The maximum atomic E-state index is 4.51. The van der Waals surface area contributed by atoms with E-state index in [4.69, 9.17) is 0 Å². The van der Waals surface area contributed by atoms with Gasteiger partial charge in [0.2, 0.25) is 0 Å². The molecule has 1 unspecified atom stereocenters. The molecule has 2 aromatic heterocycles. The molecule has 0 amide bonds. The van der Waals surface area contributed by atoms with E-state index < -0.39 is 0 Å². The van der Waals surface area contributed by atoms with Crippen LogP contribution in [-0.2, 0) is 6.42 Å². The van der Waals surface area contributed by atoms with E-state index in [1.807, 2.05) is 6.07 Å². The van der Waals surface area contributed by atoms with E-state index in [0.717, 1.165) is 17.9 Å². The summed E-state index contributed by atoms with van der Waals surface area (Å²) in [6, 6.07) is 12.7. The molecule has 0 aliphatic heterocycles. The van der Waals surface area contributed by atoms with Crippen LogP contribution in [-0.4, -0.2) is 19.6 Å². The summed E-state index contributed by atoms with van der Waals surface area (Å²) in [7, 11) is 0. The van der Waals surface area contributed by atoms with Gasteiger partial charge in [0.05, 0.1) is 6.04 Å². The Morgan fingerprint density at radius 1 is 1.17 bits per heavy atom. The van der Waals surface area contributed by atoms with Crippen LogP contribution in [0.5, 0.6) is 0 Å². The summed E-state index contributed by atoms with van der Waals surface area (Å²) in [5.74, 6) is 1.56. The van der Waals surface area contributed by atoms with Gasteiger partial charge in [-0.2, -0.15) is 14.6 Å². The predicted octanol–water partition coefficient (Wildman–Crippen LogP) is 3.89. The second-order valence-corrected chi connectivity index (χ2v) is 6.81. The lowest BCUT2D eigenvalue weighted by Gasteiger charge is -2.32. The number of nitrogens with zero attached hydrogens (tertiary/aromatic N) is 4. The summed E-state index contributed by atoms with van der Waals surface area (Å²) in [6.45, 7) is 8.80. The molecule has 1 N–H and O–H groups in total. The van der Waals surface area contributed by atoms with Crippen molar-refractivity contribution in [2.75, 3.05) is 5.32 Å². The normalized spacial score (nSPS) is 13.2. The molecule has 0 spiro atoms. The number of hydrogen-bond donors (Lipinski definition) is 1. The first-order chi connectivity index (χ1) is 11.0. The number of aromatic nitrogens is 4. The SMILES string of the molecule is CCc1cc(NC(c2ccccc2)C(C)(C)C)n2ncnc2n1. The first-order valence-corrected chi connectivity index (χ1v) is 8.00. The quantitative estimate of drug-likeness (QED) is 0.794. The standard InChI is InChI=1S/C18H23N5/c1-5-14-11-15(23-17(21-14)19-12-20-23)22-16(18(2,3)4)13-9-7-6-8-10-13/h6-12,16,22H,5H2,1-4H3. The highest BCUT2D eigenvalue weighted by atomic mass is 15.4. The number of benzene rings is 1. The molecule has 0 fully saturated rings. The first-order valence-electron chi connectivity index (χ1n) is 8.00. The van der Waals surface area contributed by atoms with Crippen molar-refractivity contribution in [3.8, 4) is 0 Å². The van der Waals surface area contributed by atoms with Crippen molar-refractivity contribution < 1.29 is 0 Å². The Morgan fingerprint density at radius 3 is 2.57 bits per heavy atom. The maximum absolute atomic E-state index is 4.51. The Bertz CT molecular complexity index is 786. The van der Waals surface area contributed by atoms with Crippen LogP contribution in [0.3, 0.4) is 0 Å². The lowest BCUT2D eigenvalue weighted by atomic mass is 9.82. The monoisotopic (exact) mass is 309 g/mol. The van der Waals surface area contributed by atoms with Crippen molar-refractivity contribution in [1.29, 1.82) is 0 Å². The summed E-state index contributed by atoms with van der Waals surface area (Å²) in [6.07, 6.45) is 2.41. The molecule has 2 heterocycles. The molecular formula is C18H23N5. The molecule has 0 bridgehead atoms. The molecule has 0 saturated heterocycles. The Kier molecular flexibility index (Phi) is 4.03. The molecule has 0 saturated carbocycles. The number of fused-ring (bicyclic) bond motifs is 1. The van der Waals surface area contributed by atoms with E-state index >= 15 is 0 Å². The topological polar surface area (TPSA) is 55.1 Å². The van der Waals surface area contributed by atoms with Crippen LogP contribution >= 0.6 is 0 Å². The van der Waals surface area contributed by atoms with E-state index in [2.05, 4.69) is 78.4 Å². The van der Waals surface area contributed by atoms with E-state index in [1.165, 1.54) is 5.56 Å². The molecule has 0 aliphatic carbocycles. The fourth-order valence-electron chi connectivity index (χ4n) is 2.74. The lowest BCUT2D eigenvalue weighted by molar-refractivity contribution is 0.346. The van der Waals surface area contributed by atoms with Crippen molar-refractivity contribution in [3.05, 3.63) is 54.0 Å². The highest BCUT2D eigenvalue weighted by Crippen LogP contribution is 2.35. The zero-order chi connectivity index (χ0) is 16.4. The third-order valence-corrected chi connectivity index (χ3v) is 3.96. The molecule has 3 aromatic rings. The largest absolute Gasteiger partial charge is 0.363 e. The van der Waals surface area contributed by atoms with E-state index in [-0.39, 0.29) is 11.5 Å². The molecule has 23 heavy (non-hydrogen) atoms. The third-order valence-electron chi connectivity index (χ3n) is 3.96. The summed E-state index contributed by atoms with van der Waals surface area (Å²) in [5, 5.41) is 7.96. The van der Waals surface area contributed by atoms with Crippen LogP contribution in [0.1, 0.15) is 45.0 Å². The van der Waals surface area contributed by atoms with Gasteiger partial charge in [0, 0.05) is 11.8 Å². The van der Waals surface area contributed by atoms with Crippen molar-refractivity contribution in [2.24, 2.45) is 5.41 Å². The molecule has 5 nitrogen and oxygen atoms in total. The molecule has 5 heteroatoms. The van der Waals surface area contributed by atoms with Gasteiger partial charge >= 0.3 is 0 Å². The molecule has 120 valence electrons. The predicted molar refractivity (Wildman–Crippen MR) is 92.4 cm³/mol. The summed E-state index contributed by atoms with van der Waals surface area (Å²) < 4.78 is 1.76. The zero-order valence-electron chi connectivity index (χ0n) is 14.1. The van der Waals surface area contributed by atoms with E-state index in [0.29, 0.717) is 5.78 Å². The third kappa shape index (κ3) is 3.18. The average Bonchev–Trinajstić information content (AvgIpc) is 3.00. The van der Waals surface area contributed by atoms with Gasteiger partial charge in [0.1, 0.15) is 12.1 Å². The molecule has 1 aromatic carbocycles. The maximum Gasteiger partial charge on any atom is 0.254 e. The van der Waals surface area contributed by atoms with Crippen LogP contribution in [0, 0.1) is 5.41 Å². The summed E-state index contributed by atoms with van der Waals surface area (Å²) >= 11 is 0. The number of anilines is 1. The minimum absolute atomic E-state index is 0.0455. The number of rotatable bonds is 4. The summed E-state index contributed by atoms with van der Waals surface area (Å²) in [5.41, 5.74) is 2.31. The smallest absolute Gasteiger partial charge is 0.254 e. The van der Waals surface area contributed by atoms with Gasteiger partial charge in [-0.3, -0.25) is 0 Å². The first kappa shape index (κ1) is 15.5. The minimum atomic E-state index is 0.0455. The number of hydrogen-bond acceptors (Lipinski definition) is 4. The Labute approximate surface area is 136 Å². The van der Waals surface area contributed by atoms with E-state index in [9.17, 15) is 0 Å². The average molecular weight is 309 g/mol. The number of aryl methyl sites for hydroxylation is 1. The van der Waals surface area contributed by atoms with Gasteiger partial charge < -0.3 is 5.32 Å². The fraction of sp³-hybridized carbons (Fsp3) is 0.389. The zero-order valence-corrected chi connectivity index (χ0v) is 14.1.